The van der Waals surface area contributed by atoms with Crippen LogP contribution in [0.15, 0.2) is 24.3 Å². The van der Waals surface area contributed by atoms with E-state index in [0.29, 0.717) is 5.69 Å². The van der Waals surface area contributed by atoms with Crippen LogP contribution in [0.3, 0.4) is 0 Å². The van der Waals surface area contributed by atoms with Crippen LogP contribution < -0.4 is 5.32 Å². The maximum absolute atomic E-state index is 10.4. The summed E-state index contributed by atoms with van der Waals surface area (Å²) in [4.78, 5) is 10.4. The topological polar surface area (TPSA) is 49.3 Å². The first-order valence-corrected chi connectivity index (χ1v) is 3.48. The van der Waals surface area contributed by atoms with Crippen molar-refractivity contribution in [3.05, 3.63) is 36.8 Å². The Morgan fingerprint density at radius 1 is 1.42 bits per heavy atom. The molecule has 12 heavy (non-hydrogen) atoms. The molecule has 0 unspecified atom stereocenters. The molecule has 1 rings (SSSR count). The molecule has 1 aromatic carbocycles. The van der Waals surface area contributed by atoms with Gasteiger partial charge in [0.1, 0.15) is 0 Å². The van der Waals surface area contributed by atoms with Crippen molar-refractivity contribution >= 4 is 11.6 Å². The molecule has 62 valence electrons. The standard InChI is InChI=1S/C9H9NO2/c1-7(12)10-9-4-2-8(6-11)3-5-9/h1-5,11H,6H2,(H,10,12). The number of aliphatic hydroxyl groups is 1. The van der Waals surface area contributed by atoms with Gasteiger partial charge in [0.2, 0.25) is 5.91 Å². The largest absolute Gasteiger partial charge is 0.392 e. The number of rotatable bonds is 2. The molecule has 2 radical (unpaired) electrons. The van der Waals surface area contributed by atoms with Crippen LogP contribution >= 0.6 is 0 Å². The van der Waals surface area contributed by atoms with Crippen molar-refractivity contribution in [2.45, 2.75) is 6.61 Å². The maximum atomic E-state index is 10.4. The SMILES string of the molecule is [CH]C(=O)Nc1ccc(CO)cc1. The Labute approximate surface area is 71.0 Å². The number of carbonyl (C=O) groups is 1. The molecule has 0 aliphatic carbocycles. The van der Waals surface area contributed by atoms with Crippen LogP contribution in [0.1, 0.15) is 5.56 Å². The Morgan fingerprint density at radius 3 is 2.42 bits per heavy atom. The molecule has 1 aromatic rings. The molecule has 0 fully saturated rings. The lowest BCUT2D eigenvalue weighted by Crippen LogP contribution is -2.05. The lowest BCUT2D eigenvalue weighted by molar-refractivity contribution is -0.112. The monoisotopic (exact) mass is 163 g/mol. The number of hydrogen-bond acceptors (Lipinski definition) is 2. The predicted octanol–water partition coefficient (Wildman–Crippen LogP) is 0.828. The van der Waals surface area contributed by atoms with Crippen molar-refractivity contribution in [2.75, 3.05) is 5.32 Å². The van der Waals surface area contributed by atoms with Crippen LogP contribution in [-0.2, 0) is 11.4 Å². The fraction of sp³-hybridized carbons (Fsp3) is 0.111. The van der Waals surface area contributed by atoms with Crippen LogP contribution in [0.4, 0.5) is 5.69 Å². The third-order valence-electron chi connectivity index (χ3n) is 1.40. The molecule has 0 aliphatic heterocycles. The quantitative estimate of drug-likeness (QED) is 0.678. The summed E-state index contributed by atoms with van der Waals surface area (Å²) < 4.78 is 0. The van der Waals surface area contributed by atoms with Crippen molar-refractivity contribution in [1.29, 1.82) is 0 Å². The number of amides is 1. The maximum Gasteiger partial charge on any atom is 0.229 e. The number of anilines is 1. The van der Waals surface area contributed by atoms with Crippen LogP contribution in [-0.4, -0.2) is 11.0 Å². The van der Waals surface area contributed by atoms with Gasteiger partial charge in [0.15, 0.2) is 0 Å². The van der Waals surface area contributed by atoms with E-state index < -0.39 is 5.91 Å². The van der Waals surface area contributed by atoms with Crippen molar-refractivity contribution in [3.63, 3.8) is 0 Å². The van der Waals surface area contributed by atoms with Crippen LogP contribution in [0, 0.1) is 6.92 Å². The molecule has 0 aromatic heterocycles. The minimum Gasteiger partial charge on any atom is -0.392 e. The Kier molecular flexibility index (Phi) is 2.82. The second kappa shape index (κ2) is 3.88. The Balaban J connectivity index is 2.71. The molecule has 3 heteroatoms. The Morgan fingerprint density at radius 2 is 2.00 bits per heavy atom. The fourth-order valence-corrected chi connectivity index (χ4v) is 0.836. The zero-order chi connectivity index (χ0) is 8.97. The van der Waals surface area contributed by atoms with Gasteiger partial charge in [0, 0.05) is 5.69 Å². The molecule has 0 saturated heterocycles. The summed E-state index contributed by atoms with van der Waals surface area (Å²) in [6, 6.07) is 6.78. The number of hydrogen-bond donors (Lipinski definition) is 2. The molecule has 0 saturated carbocycles. The number of aliphatic hydroxyl groups excluding tert-OH is 1. The van der Waals surface area contributed by atoms with Gasteiger partial charge in [0.05, 0.1) is 13.5 Å². The third-order valence-corrected chi connectivity index (χ3v) is 1.40. The van der Waals surface area contributed by atoms with E-state index >= 15 is 0 Å². The summed E-state index contributed by atoms with van der Waals surface area (Å²) in [5.41, 5.74) is 1.42. The van der Waals surface area contributed by atoms with Crippen LogP contribution in [0.2, 0.25) is 0 Å². The van der Waals surface area contributed by atoms with Gasteiger partial charge in [-0.05, 0) is 17.7 Å². The minimum absolute atomic E-state index is 0.00312. The molecule has 0 bridgehead atoms. The Bertz CT molecular complexity index is 266. The predicted molar refractivity (Wildman–Crippen MR) is 45.3 cm³/mol. The molecular weight excluding hydrogens is 154 g/mol. The fourth-order valence-electron chi connectivity index (χ4n) is 0.836. The first-order chi connectivity index (χ1) is 5.72. The average molecular weight is 163 g/mol. The average Bonchev–Trinajstić information content (AvgIpc) is 2.05. The molecule has 0 aliphatic rings. The van der Waals surface area contributed by atoms with E-state index in [9.17, 15) is 4.79 Å². The second-order valence-electron chi connectivity index (χ2n) is 2.34. The van der Waals surface area contributed by atoms with Gasteiger partial charge >= 0.3 is 0 Å². The number of carbonyl (C=O) groups excluding carboxylic acids is 1. The van der Waals surface area contributed by atoms with Gasteiger partial charge in [-0.2, -0.15) is 0 Å². The summed E-state index contributed by atoms with van der Waals surface area (Å²) in [5.74, 6) is -0.591. The first-order valence-electron chi connectivity index (χ1n) is 3.48. The van der Waals surface area contributed by atoms with Crippen molar-refractivity contribution in [2.24, 2.45) is 0 Å². The molecule has 1 amide bonds. The van der Waals surface area contributed by atoms with Crippen molar-refractivity contribution in [3.8, 4) is 0 Å². The van der Waals surface area contributed by atoms with Gasteiger partial charge in [-0.15, -0.1) is 0 Å². The van der Waals surface area contributed by atoms with E-state index in [-0.39, 0.29) is 6.61 Å². The molecule has 3 nitrogen and oxygen atoms in total. The first kappa shape index (κ1) is 8.74. The van der Waals surface area contributed by atoms with E-state index in [4.69, 9.17) is 12.0 Å². The summed E-state index contributed by atoms with van der Waals surface area (Å²) in [7, 11) is 0. The van der Waals surface area contributed by atoms with E-state index in [1.54, 1.807) is 24.3 Å². The Hall–Kier alpha value is -1.35. The molecular formula is C9H9NO2. The lowest BCUT2D eigenvalue weighted by atomic mass is 10.2. The van der Waals surface area contributed by atoms with E-state index in [2.05, 4.69) is 5.32 Å². The molecule has 0 spiro atoms. The van der Waals surface area contributed by atoms with Crippen LogP contribution in [0.5, 0.6) is 0 Å². The van der Waals surface area contributed by atoms with Gasteiger partial charge < -0.3 is 10.4 Å². The molecule has 0 atom stereocenters. The molecule has 0 heterocycles. The van der Waals surface area contributed by atoms with Crippen LogP contribution in [0.25, 0.3) is 0 Å². The lowest BCUT2D eigenvalue weighted by Gasteiger charge is -2.01. The summed E-state index contributed by atoms with van der Waals surface area (Å²) in [5, 5.41) is 11.1. The van der Waals surface area contributed by atoms with E-state index in [1.807, 2.05) is 0 Å². The highest BCUT2D eigenvalue weighted by Crippen LogP contribution is 2.08. The molecule has 2 N–H and O–H groups in total. The smallest absolute Gasteiger partial charge is 0.229 e. The van der Waals surface area contributed by atoms with E-state index in [1.165, 1.54) is 0 Å². The number of benzene rings is 1. The van der Waals surface area contributed by atoms with Gasteiger partial charge in [0.25, 0.3) is 0 Å². The highest BCUT2D eigenvalue weighted by Gasteiger charge is 1.94. The number of nitrogens with one attached hydrogen (secondary N) is 1. The highest BCUT2D eigenvalue weighted by atomic mass is 16.3. The van der Waals surface area contributed by atoms with Crippen molar-refractivity contribution < 1.29 is 9.90 Å². The minimum atomic E-state index is -0.591. The van der Waals surface area contributed by atoms with Gasteiger partial charge in [-0.3, -0.25) is 4.79 Å². The second-order valence-corrected chi connectivity index (χ2v) is 2.34. The summed E-state index contributed by atoms with van der Waals surface area (Å²) in [6.45, 7) is 4.89. The van der Waals surface area contributed by atoms with E-state index in [0.717, 1.165) is 5.56 Å². The highest BCUT2D eigenvalue weighted by molar-refractivity contribution is 5.93. The summed E-state index contributed by atoms with van der Waals surface area (Å²) >= 11 is 0. The summed E-state index contributed by atoms with van der Waals surface area (Å²) in [6.07, 6.45) is 0. The third kappa shape index (κ3) is 2.36. The van der Waals surface area contributed by atoms with Gasteiger partial charge in [-0.25, -0.2) is 0 Å². The van der Waals surface area contributed by atoms with Crippen molar-refractivity contribution in [1.82, 2.24) is 0 Å². The van der Waals surface area contributed by atoms with Gasteiger partial charge in [-0.1, -0.05) is 12.1 Å². The zero-order valence-corrected chi connectivity index (χ0v) is 6.45. The normalized spacial score (nSPS) is 9.50. The zero-order valence-electron chi connectivity index (χ0n) is 6.45.